The van der Waals surface area contributed by atoms with Crippen LogP contribution in [0.15, 0.2) is 47.8 Å². The molecule has 7 heteroatoms. The predicted molar refractivity (Wildman–Crippen MR) is 100 cm³/mol. The van der Waals surface area contributed by atoms with Crippen LogP contribution in [0.4, 0.5) is 10.3 Å². The third-order valence-electron chi connectivity index (χ3n) is 4.22. The van der Waals surface area contributed by atoms with Gasteiger partial charge in [0.2, 0.25) is 4.96 Å². The fourth-order valence-corrected chi connectivity index (χ4v) is 3.44. The normalized spacial score (nSPS) is 11.0. The minimum Gasteiger partial charge on any atom is -0.289 e. The first-order valence-electron chi connectivity index (χ1n) is 8.00. The van der Waals surface area contributed by atoms with Gasteiger partial charge in [-0.25, -0.2) is 8.91 Å². The SMILES string of the molecule is Cc1ccc(C(=O)Nc2nc3scc(-c4ccc(F)cc4)n3n2)cc1C. The zero-order valence-electron chi connectivity index (χ0n) is 14.2. The molecule has 2 heterocycles. The van der Waals surface area contributed by atoms with Crippen molar-refractivity contribution in [2.45, 2.75) is 13.8 Å². The molecule has 2 aromatic carbocycles. The van der Waals surface area contributed by atoms with E-state index in [4.69, 9.17) is 0 Å². The zero-order chi connectivity index (χ0) is 18.3. The van der Waals surface area contributed by atoms with Crippen molar-refractivity contribution in [1.82, 2.24) is 14.6 Å². The Labute approximate surface area is 153 Å². The van der Waals surface area contributed by atoms with E-state index in [2.05, 4.69) is 15.4 Å². The van der Waals surface area contributed by atoms with Crippen LogP contribution in [0.3, 0.4) is 0 Å². The van der Waals surface area contributed by atoms with E-state index in [9.17, 15) is 9.18 Å². The van der Waals surface area contributed by atoms with E-state index >= 15 is 0 Å². The molecule has 0 atom stereocenters. The summed E-state index contributed by atoms with van der Waals surface area (Å²) >= 11 is 1.41. The highest BCUT2D eigenvalue weighted by molar-refractivity contribution is 7.15. The molecule has 1 N–H and O–H groups in total. The highest BCUT2D eigenvalue weighted by Gasteiger charge is 2.14. The van der Waals surface area contributed by atoms with E-state index in [1.54, 1.807) is 22.7 Å². The first kappa shape index (κ1) is 16.4. The summed E-state index contributed by atoms with van der Waals surface area (Å²) in [7, 11) is 0. The number of nitrogens with one attached hydrogen (secondary N) is 1. The molecule has 0 spiro atoms. The lowest BCUT2D eigenvalue weighted by molar-refractivity contribution is 0.102. The van der Waals surface area contributed by atoms with Crippen LogP contribution in [0.2, 0.25) is 0 Å². The van der Waals surface area contributed by atoms with Gasteiger partial charge in [-0.05, 0) is 61.4 Å². The number of hydrogen-bond acceptors (Lipinski definition) is 4. The van der Waals surface area contributed by atoms with Gasteiger partial charge >= 0.3 is 0 Å². The summed E-state index contributed by atoms with van der Waals surface area (Å²) in [4.78, 5) is 17.4. The number of thiazole rings is 1. The summed E-state index contributed by atoms with van der Waals surface area (Å²) in [6, 6.07) is 11.7. The molecule has 0 radical (unpaired) electrons. The average molecular weight is 366 g/mol. The first-order valence-corrected chi connectivity index (χ1v) is 8.88. The van der Waals surface area contributed by atoms with Crippen molar-refractivity contribution < 1.29 is 9.18 Å². The van der Waals surface area contributed by atoms with E-state index in [1.165, 1.54) is 23.5 Å². The van der Waals surface area contributed by atoms with E-state index in [0.717, 1.165) is 22.4 Å². The molecule has 0 saturated carbocycles. The van der Waals surface area contributed by atoms with Gasteiger partial charge in [-0.2, -0.15) is 4.98 Å². The van der Waals surface area contributed by atoms with Gasteiger partial charge in [0.1, 0.15) is 5.82 Å². The third kappa shape index (κ3) is 2.97. The summed E-state index contributed by atoms with van der Waals surface area (Å²) in [5.41, 5.74) is 4.37. The number of halogens is 1. The molecule has 0 aliphatic rings. The molecule has 2 aromatic heterocycles. The molecule has 4 rings (SSSR count). The maximum atomic E-state index is 13.1. The van der Waals surface area contributed by atoms with Crippen LogP contribution < -0.4 is 5.32 Å². The Bertz CT molecular complexity index is 1110. The molecule has 5 nitrogen and oxygen atoms in total. The largest absolute Gasteiger partial charge is 0.289 e. The lowest BCUT2D eigenvalue weighted by atomic mass is 10.1. The molecule has 0 fully saturated rings. The highest BCUT2D eigenvalue weighted by atomic mass is 32.1. The predicted octanol–water partition coefficient (Wildman–Crippen LogP) is 4.47. The number of carbonyl (C=O) groups excluding carboxylic acids is 1. The molecule has 4 aromatic rings. The molecule has 26 heavy (non-hydrogen) atoms. The van der Waals surface area contributed by atoms with Gasteiger partial charge in [0.25, 0.3) is 11.9 Å². The first-order chi connectivity index (χ1) is 12.5. The third-order valence-corrected chi connectivity index (χ3v) is 5.03. The second-order valence-corrected chi connectivity index (χ2v) is 6.85. The second kappa shape index (κ2) is 6.34. The standard InChI is InChI=1S/C19H15FN4OS/c1-11-3-4-14(9-12(11)2)17(25)21-18-22-19-24(23-18)16(10-26-19)13-5-7-15(20)8-6-13/h3-10H,1-2H3,(H,21,23,25). The molecule has 0 unspecified atom stereocenters. The molecule has 130 valence electrons. The molecule has 0 saturated heterocycles. The fourth-order valence-electron chi connectivity index (χ4n) is 2.61. The number of aryl methyl sites for hydroxylation is 2. The van der Waals surface area contributed by atoms with Crippen LogP contribution in [0.1, 0.15) is 21.5 Å². The van der Waals surface area contributed by atoms with Gasteiger partial charge in [0.15, 0.2) is 0 Å². The van der Waals surface area contributed by atoms with Gasteiger partial charge in [-0.3, -0.25) is 10.1 Å². The van der Waals surface area contributed by atoms with E-state index in [-0.39, 0.29) is 17.7 Å². The number of fused-ring (bicyclic) bond motifs is 1. The molecule has 0 aliphatic heterocycles. The van der Waals surface area contributed by atoms with Crippen LogP contribution in [0, 0.1) is 19.7 Å². The number of aromatic nitrogens is 3. The van der Waals surface area contributed by atoms with Crippen LogP contribution in [-0.2, 0) is 0 Å². The van der Waals surface area contributed by atoms with E-state index in [1.807, 2.05) is 31.4 Å². The summed E-state index contributed by atoms with van der Waals surface area (Å²) < 4.78 is 14.8. The Morgan fingerprint density at radius 3 is 2.62 bits per heavy atom. The lowest BCUT2D eigenvalue weighted by Gasteiger charge is -2.04. The monoisotopic (exact) mass is 366 g/mol. The highest BCUT2D eigenvalue weighted by Crippen LogP contribution is 2.26. The fraction of sp³-hybridized carbons (Fsp3) is 0.105. The van der Waals surface area contributed by atoms with Crippen molar-refractivity contribution >= 4 is 28.2 Å². The van der Waals surface area contributed by atoms with Crippen LogP contribution in [-0.4, -0.2) is 20.5 Å². The number of carbonyl (C=O) groups is 1. The van der Waals surface area contributed by atoms with Crippen LogP contribution in [0.25, 0.3) is 16.2 Å². The van der Waals surface area contributed by atoms with Crippen molar-refractivity contribution in [2.24, 2.45) is 0 Å². The smallest absolute Gasteiger partial charge is 0.258 e. The Hall–Kier alpha value is -3.06. The summed E-state index contributed by atoms with van der Waals surface area (Å²) in [6.45, 7) is 3.96. The lowest BCUT2D eigenvalue weighted by Crippen LogP contribution is -2.13. The number of rotatable bonds is 3. The van der Waals surface area contributed by atoms with Gasteiger partial charge in [0, 0.05) is 16.5 Å². The number of benzene rings is 2. The Kier molecular flexibility index (Phi) is 4.00. The van der Waals surface area contributed by atoms with Gasteiger partial charge in [-0.15, -0.1) is 16.4 Å². The van der Waals surface area contributed by atoms with Gasteiger partial charge in [-0.1, -0.05) is 6.07 Å². The Balaban J connectivity index is 1.62. The quantitative estimate of drug-likeness (QED) is 0.582. The van der Waals surface area contributed by atoms with Crippen molar-refractivity contribution in [3.63, 3.8) is 0 Å². The Morgan fingerprint density at radius 2 is 1.88 bits per heavy atom. The van der Waals surface area contributed by atoms with Crippen molar-refractivity contribution in [3.8, 4) is 11.3 Å². The minimum atomic E-state index is -0.292. The van der Waals surface area contributed by atoms with Gasteiger partial charge < -0.3 is 0 Å². The average Bonchev–Trinajstić information content (AvgIpc) is 3.18. The Morgan fingerprint density at radius 1 is 1.12 bits per heavy atom. The van der Waals surface area contributed by atoms with Crippen molar-refractivity contribution in [2.75, 3.05) is 5.32 Å². The summed E-state index contributed by atoms with van der Waals surface area (Å²) in [6.07, 6.45) is 0. The van der Waals surface area contributed by atoms with E-state index in [0.29, 0.717) is 10.5 Å². The van der Waals surface area contributed by atoms with Crippen LogP contribution >= 0.6 is 11.3 Å². The van der Waals surface area contributed by atoms with Crippen molar-refractivity contribution in [1.29, 1.82) is 0 Å². The maximum absolute atomic E-state index is 13.1. The number of nitrogens with zero attached hydrogens (tertiary/aromatic N) is 3. The van der Waals surface area contributed by atoms with Gasteiger partial charge in [0.05, 0.1) is 5.69 Å². The van der Waals surface area contributed by atoms with Crippen molar-refractivity contribution in [3.05, 3.63) is 70.4 Å². The molecule has 1 amide bonds. The second-order valence-electron chi connectivity index (χ2n) is 6.01. The maximum Gasteiger partial charge on any atom is 0.258 e. The number of amides is 1. The summed E-state index contributed by atoms with van der Waals surface area (Å²) in [5, 5.41) is 9.00. The number of anilines is 1. The van der Waals surface area contributed by atoms with Crippen LogP contribution in [0.5, 0.6) is 0 Å². The molecule has 0 bridgehead atoms. The molecular formula is C19H15FN4OS. The zero-order valence-corrected chi connectivity index (χ0v) is 15.0. The summed E-state index contributed by atoms with van der Waals surface area (Å²) in [5.74, 6) is -0.307. The van der Waals surface area contributed by atoms with E-state index < -0.39 is 0 Å². The minimum absolute atomic E-state index is 0.239. The molecular weight excluding hydrogens is 351 g/mol. The number of hydrogen-bond donors (Lipinski definition) is 1. The topological polar surface area (TPSA) is 59.3 Å². The molecule has 0 aliphatic carbocycles.